The van der Waals surface area contributed by atoms with Crippen molar-refractivity contribution in [3.8, 4) is 28.0 Å². The summed E-state index contributed by atoms with van der Waals surface area (Å²) in [5, 5.41) is 3.72. The summed E-state index contributed by atoms with van der Waals surface area (Å²) in [5.74, 6) is 1.43. The van der Waals surface area contributed by atoms with Crippen molar-refractivity contribution in [3.63, 3.8) is 0 Å². The van der Waals surface area contributed by atoms with E-state index in [1.807, 2.05) is 36.4 Å². The van der Waals surface area contributed by atoms with E-state index in [-0.39, 0.29) is 41.9 Å². The maximum Gasteiger partial charge on any atom is 0.123 e. The fraction of sp³-hybridized carbons (Fsp3) is 0.188. The Hall–Kier alpha value is -3.58. The summed E-state index contributed by atoms with van der Waals surface area (Å²) in [6.45, 7) is 0. The lowest BCUT2D eigenvalue weighted by Gasteiger charge is -2.24. The van der Waals surface area contributed by atoms with E-state index in [1.165, 1.54) is 18.4 Å². The normalized spacial score (nSPS) is 21.4. The van der Waals surface area contributed by atoms with Crippen molar-refractivity contribution in [1.82, 2.24) is 0 Å². The van der Waals surface area contributed by atoms with Gasteiger partial charge in [0.1, 0.15) is 11.9 Å². The van der Waals surface area contributed by atoms with E-state index in [0.717, 1.165) is 51.3 Å². The molecule has 1 saturated carbocycles. The molecule has 5 aromatic rings. The van der Waals surface area contributed by atoms with Crippen molar-refractivity contribution in [2.75, 3.05) is 0 Å². The number of ether oxygens (including phenoxy) is 1. The lowest BCUT2D eigenvalue weighted by atomic mass is 9.81. The Labute approximate surface area is 201 Å². The minimum absolute atomic E-state index is 0.183. The largest absolute Gasteiger partial charge is 0.489 e. The topological polar surface area (TPSA) is 9.23 Å². The molecule has 160 valence electrons. The minimum atomic E-state index is -0.379. The number of fused-ring (bicyclic) bond motifs is 5. The van der Waals surface area contributed by atoms with Gasteiger partial charge in [0.2, 0.25) is 0 Å². The summed E-state index contributed by atoms with van der Waals surface area (Å²) in [7, 11) is 0. The van der Waals surface area contributed by atoms with Crippen LogP contribution in [0.4, 0.5) is 0 Å². The zero-order valence-electron chi connectivity index (χ0n) is 23.2. The molecule has 5 aromatic carbocycles. The molecule has 33 heavy (non-hydrogen) atoms. The average Bonchev–Trinajstić information content (AvgIpc) is 3.33. The van der Waals surface area contributed by atoms with Gasteiger partial charge in [-0.05, 0) is 75.2 Å². The van der Waals surface area contributed by atoms with Gasteiger partial charge in [-0.15, -0.1) is 0 Å². The Morgan fingerprint density at radius 1 is 0.667 bits per heavy atom. The maximum atomic E-state index is 8.72. The summed E-state index contributed by atoms with van der Waals surface area (Å²) in [5.41, 5.74) is 4.40. The van der Waals surface area contributed by atoms with Crippen LogP contribution in [0.2, 0.25) is 0 Å². The first kappa shape index (κ1) is 14.5. The lowest BCUT2D eigenvalue weighted by Crippen LogP contribution is -2.22. The quantitative estimate of drug-likeness (QED) is 0.254. The molecule has 0 radical (unpaired) electrons. The summed E-state index contributed by atoms with van der Waals surface area (Å²) in [4.78, 5) is 0. The minimum Gasteiger partial charge on any atom is -0.489 e. The van der Waals surface area contributed by atoms with E-state index in [1.54, 1.807) is 0 Å². The highest BCUT2D eigenvalue weighted by molar-refractivity contribution is 6.21. The molecular weight excluding hydrogens is 400 g/mol. The van der Waals surface area contributed by atoms with Gasteiger partial charge in [-0.1, -0.05) is 91.2 Å². The lowest BCUT2D eigenvalue weighted by molar-refractivity contribution is 0.164. The Morgan fingerprint density at radius 2 is 1.27 bits per heavy atom. The molecule has 1 fully saturated rings. The molecule has 2 aliphatic rings. The highest BCUT2D eigenvalue weighted by Crippen LogP contribution is 2.49. The first-order valence-corrected chi connectivity index (χ1v) is 11.8. The third-order valence-electron chi connectivity index (χ3n) is 7.36. The molecule has 0 aromatic heterocycles. The maximum absolute atomic E-state index is 8.72. The van der Waals surface area contributed by atoms with Crippen molar-refractivity contribution < 1.29 is 11.6 Å². The second-order valence-electron chi connectivity index (χ2n) is 9.14. The zero-order valence-corrected chi connectivity index (χ0v) is 18.2. The Morgan fingerprint density at radius 3 is 1.94 bits per heavy atom. The third kappa shape index (κ3) is 2.92. The fourth-order valence-corrected chi connectivity index (χ4v) is 5.94. The van der Waals surface area contributed by atoms with Gasteiger partial charge in [-0.3, -0.25) is 0 Å². The van der Waals surface area contributed by atoms with E-state index < -0.39 is 0 Å². The van der Waals surface area contributed by atoms with E-state index >= 15 is 0 Å². The number of benzene rings is 5. The molecule has 0 N–H and O–H groups in total. The van der Waals surface area contributed by atoms with Crippen molar-refractivity contribution >= 4 is 21.5 Å². The first-order valence-electron chi connectivity index (χ1n) is 14.3. The summed E-state index contributed by atoms with van der Waals surface area (Å²) < 4.78 is 48.5. The molecule has 1 heteroatoms. The Bertz CT molecular complexity index is 1690. The molecule has 0 amide bonds. The van der Waals surface area contributed by atoms with Crippen LogP contribution in [0.25, 0.3) is 43.8 Å². The number of rotatable bonds is 2. The molecule has 1 heterocycles. The Balaban J connectivity index is 1.56. The van der Waals surface area contributed by atoms with Gasteiger partial charge in [-0.2, -0.15) is 0 Å². The van der Waals surface area contributed by atoms with Crippen LogP contribution >= 0.6 is 0 Å². The predicted molar refractivity (Wildman–Crippen MR) is 138 cm³/mol. The smallest absolute Gasteiger partial charge is 0.123 e. The molecule has 7 rings (SSSR count). The van der Waals surface area contributed by atoms with Crippen molar-refractivity contribution in [2.24, 2.45) is 0 Å². The van der Waals surface area contributed by atoms with Crippen LogP contribution in [0.5, 0.6) is 5.75 Å². The van der Waals surface area contributed by atoms with E-state index in [0.29, 0.717) is 11.5 Å². The molecule has 1 aliphatic heterocycles. The van der Waals surface area contributed by atoms with Gasteiger partial charge in [0.15, 0.2) is 0 Å². The van der Waals surface area contributed by atoms with Gasteiger partial charge >= 0.3 is 0 Å². The molecule has 1 aliphatic carbocycles. The van der Waals surface area contributed by atoms with Gasteiger partial charge in [-0.25, -0.2) is 0 Å². The summed E-state index contributed by atoms with van der Waals surface area (Å²) in [6.07, 6.45) is 4.97. The van der Waals surface area contributed by atoms with Crippen LogP contribution in [0.3, 0.4) is 0 Å². The highest BCUT2D eigenvalue weighted by Gasteiger charge is 2.36. The predicted octanol–water partition coefficient (Wildman–Crippen LogP) is 8.75. The van der Waals surface area contributed by atoms with Crippen LogP contribution in [-0.4, -0.2) is 6.10 Å². The monoisotopic (exact) mass is 431 g/mol. The average molecular weight is 432 g/mol. The van der Waals surface area contributed by atoms with Crippen LogP contribution in [-0.2, 0) is 0 Å². The summed E-state index contributed by atoms with van der Waals surface area (Å²) in [6, 6.07) is 21.2. The highest BCUT2D eigenvalue weighted by atomic mass is 16.5. The van der Waals surface area contributed by atoms with Crippen LogP contribution < -0.4 is 4.74 Å². The molecule has 2 unspecified atom stereocenters. The van der Waals surface area contributed by atoms with E-state index in [4.69, 9.17) is 11.6 Å². The second kappa shape index (κ2) is 7.49. The fourth-order valence-electron chi connectivity index (χ4n) is 5.94. The van der Waals surface area contributed by atoms with Crippen LogP contribution in [0, 0.1) is 0 Å². The van der Waals surface area contributed by atoms with Gasteiger partial charge in [0.05, 0.1) is 6.85 Å². The number of hydrogen-bond acceptors (Lipinski definition) is 1. The third-order valence-corrected chi connectivity index (χ3v) is 7.36. The van der Waals surface area contributed by atoms with Gasteiger partial charge < -0.3 is 4.74 Å². The van der Waals surface area contributed by atoms with Crippen molar-refractivity contribution in [1.29, 1.82) is 0 Å². The molecule has 1 nitrogen and oxygen atoms in total. The van der Waals surface area contributed by atoms with Gasteiger partial charge in [0, 0.05) is 11.5 Å². The molecule has 0 spiro atoms. The first-order chi connectivity index (χ1) is 18.5. The molecule has 0 saturated heterocycles. The summed E-state index contributed by atoms with van der Waals surface area (Å²) >= 11 is 0. The zero-order chi connectivity index (χ0) is 26.1. The molecular formula is C32H26O. The van der Waals surface area contributed by atoms with Crippen molar-refractivity contribution in [2.45, 2.75) is 37.7 Å². The molecule has 0 bridgehead atoms. The Kier molecular flexibility index (Phi) is 3.30. The van der Waals surface area contributed by atoms with Crippen molar-refractivity contribution in [3.05, 3.63) is 103 Å². The van der Waals surface area contributed by atoms with Crippen LogP contribution in [0.15, 0.2) is 96.9 Å². The second-order valence-corrected chi connectivity index (χ2v) is 9.14. The van der Waals surface area contributed by atoms with E-state index in [9.17, 15) is 0 Å². The molecule has 2 atom stereocenters. The van der Waals surface area contributed by atoms with E-state index in [2.05, 4.69) is 30.3 Å². The standard InChI is InChI=1S/C32H26O/c1-2-10-21(11-3-1)31-24-13-4-6-15-26(24)32(27-16-7-5-14-25(27)31)22-18-19-30-28(20-22)23-12-8-9-17-29(23)33-30/h1-7,10-11,13-16,18-20,23,29H,8-9,12,17H2/i1D,2D,3D,10D,11D. The van der Waals surface area contributed by atoms with Crippen LogP contribution in [0.1, 0.15) is 44.0 Å². The van der Waals surface area contributed by atoms with Gasteiger partial charge in [0.25, 0.3) is 0 Å². The SMILES string of the molecule is [2H]c1c([2H])c([2H])c(-c2c3ccccc3c(-c3ccc4c(c3)C3CCCCC3O4)c3ccccc23)c([2H])c1[2H]. The number of hydrogen-bond donors (Lipinski definition) is 0.